The maximum absolute atomic E-state index is 9.97. The molecule has 0 bridgehead atoms. The highest BCUT2D eigenvalue weighted by Gasteiger charge is 2.43. The summed E-state index contributed by atoms with van der Waals surface area (Å²) in [4.78, 5) is 4.93. The zero-order chi connectivity index (χ0) is 12.9. The van der Waals surface area contributed by atoms with Gasteiger partial charge in [-0.25, -0.2) is 4.98 Å². The highest BCUT2D eigenvalue weighted by atomic mass is 32.1. The Hall–Kier alpha value is -1.06. The van der Waals surface area contributed by atoms with Gasteiger partial charge < -0.3 is 20.1 Å². The molecule has 1 unspecified atom stereocenters. The summed E-state index contributed by atoms with van der Waals surface area (Å²) in [6, 6.07) is 0. The van der Waals surface area contributed by atoms with Crippen LogP contribution in [0.4, 0.5) is 0 Å². The van der Waals surface area contributed by atoms with Gasteiger partial charge in [-0.2, -0.15) is 4.37 Å². The highest BCUT2D eigenvalue weighted by molar-refractivity contribution is 7.12. The lowest BCUT2D eigenvalue weighted by molar-refractivity contribution is -0.0509. The summed E-state index contributed by atoms with van der Waals surface area (Å²) in [6.07, 6.45) is -2.19. The number of aromatic nitrogens is 3. The molecular formula is C10H13N3O4S. The summed E-state index contributed by atoms with van der Waals surface area (Å²) in [5.41, 5.74) is 1.58. The van der Waals surface area contributed by atoms with E-state index in [1.165, 1.54) is 11.5 Å². The average molecular weight is 271 g/mol. The Morgan fingerprint density at radius 3 is 2.89 bits per heavy atom. The van der Waals surface area contributed by atoms with Crippen LogP contribution in [0.25, 0.3) is 10.3 Å². The molecule has 1 aliphatic rings. The number of imidazole rings is 1. The lowest BCUT2D eigenvalue weighted by atomic mass is 10.1. The van der Waals surface area contributed by atoms with Crippen molar-refractivity contribution in [3.05, 3.63) is 12.0 Å². The van der Waals surface area contributed by atoms with Crippen molar-refractivity contribution in [3.63, 3.8) is 0 Å². The number of aliphatic hydroxyl groups is 3. The molecule has 1 fully saturated rings. The molecule has 18 heavy (non-hydrogen) atoms. The van der Waals surface area contributed by atoms with Crippen molar-refractivity contribution >= 4 is 21.9 Å². The van der Waals surface area contributed by atoms with Gasteiger partial charge in [0.1, 0.15) is 23.8 Å². The van der Waals surface area contributed by atoms with Crippen LogP contribution in [0.3, 0.4) is 0 Å². The number of hydrogen-bond donors (Lipinski definition) is 3. The topological polar surface area (TPSA) is 101 Å². The fraction of sp³-hybridized carbons (Fsp3) is 0.600. The molecule has 3 heterocycles. The quantitative estimate of drug-likeness (QED) is 0.675. The van der Waals surface area contributed by atoms with Crippen molar-refractivity contribution in [2.75, 3.05) is 6.61 Å². The van der Waals surface area contributed by atoms with E-state index in [-0.39, 0.29) is 6.61 Å². The second kappa shape index (κ2) is 4.25. The minimum absolute atomic E-state index is 0.340. The van der Waals surface area contributed by atoms with E-state index in [0.717, 1.165) is 16.0 Å². The Bertz CT molecular complexity index is 568. The lowest BCUT2D eigenvalue weighted by Crippen LogP contribution is -2.33. The third-order valence-electron chi connectivity index (χ3n) is 3.16. The number of nitrogens with zero attached hydrogens (tertiary/aromatic N) is 3. The number of hydrogen-bond acceptors (Lipinski definition) is 7. The first-order valence-electron chi connectivity index (χ1n) is 5.54. The second-order valence-electron chi connectivity index (χ2n) is 4.30. The summed E-state index contributed by atoms with van der Waals surface area (Å²) in [5, 5.41) is 28.8. The summed E-state index contributed by atoms with van der Waals surface area (Å²) in [6.45, 7) is 1.51. The van der Waals surface area contributed by atoms with E-state index >= 15 is 0 Å². The number of rotatable bonds is 2. The van der Waals surface area contributed by atoms with E-state index in [1.807, 2.05) is 6.92 Å². The second-order valence-corrected chi connectivity index (χ2v) is 5.05. The number of aryl methyl sites for hydroxylation is 1. The highest BCUT2D eigenvalue weighted by Crippen LogP contribution is 2.33. The molecule has 8 heteroatoms. The van der Waals surface area contributed by atoms with E-state index in [2.05, 4.69) is 9.36 Å². The van der Waals surface area contributed by atoms with Crippen molar-refractivity contribution in [1.82, 2.24) is 13.9 Å². The van der Waals surface area contributed by atoms with Gasteiger partial charge in [-0.05, 0) is 18.5 Å². The van der Waals surface area contributed by atoms with E-state index < -0.39 is 24.5 Å². The van der Waals surface area contributed by atoms with E-state index in [9.17, 15) is 10.2 Å². The van der Waals surface area contributed by atoms with Gasteiger partial charge in [0.05, 0.1) is 18.6 Å². The molecule has 4 atom stereocenters. The van der Waals surface area contributed by atoms with Gasteiger partial charge in [0.2, 0.25) is 0 Å². The van der Waals surface area contributed by atoms with Gasteiger partial charge in [-0.15, -0.1) is 0 Å². The van der Waals surface area contributed by atoms with Crippen LogP contribution in [0, 0.1) is 6.92 Å². The van der Waals surface area contributed by atoms with Crippen LogP contribution in [-0.4, -0.2) is 54.2 Å². The van der Waals surface area contributed by atoms with E-state index in [0.29, 0.717) is 0 Å². The average Bonchev–Trinajstić information content (AvgIpc) is 3.00. The van der Waals surface area contributed by atoms with Gasteiger partial charge in [0, 0.05) is 0 Å². The Balaban J connectivity index is 2.02. The first kappa shape index (κ1) is 12.0. The largest absolute Gasteiger partial charge is 0.394 e. The SMILES string of the molecule is Cc1nsc2ncn(C3O[C@H](CO)[C@@H](O)[C@H]3O)c12. The van der Waals surface area contributed by atoms with Crippen LogP contribution in [0.5, 0.6) is 0 Å². The molecule has 2 aromatic heterocycles. The predicted octanol–water partition coefficient (Wildman–Crippen LogP) is -0.587. The maximum atomic E-state index is 9.97. The summed E-state index contributed by atoms with van der Waals surface area (Å²) >= 11 is 1.27. The van der Waals surface area contributed by atoms with Gasteiger partial charge in [0.25, 0.3) is 0 Å². The normalized spacial score (nSPS) is 32.4. The Kier molecular flexibility index (Phi) is 2.83. The van der Waals surface area contributed by atoms with E-state index in [1.54, 1.807) is 10.9 Å². The number of fused-ring (bicyclic) bond motifs is 1. The smallest absolute Gasteiger partial charge is 0.164 e. The summed E-state index contributed by atoms with van der Waals surface area (Å²) in [7, 11) is 0. The first-order chi connectivity index (χ1) is 8.63. The molecule has 2 aromatic rings. The standard InChI is InChI=1S/C10H13N3O4S/c1-4-6-9(18-12-4)11-3-13(6)10-8(16)7(15)5(2-14)17-10/h3,5,7-8,10,14-16H,2H2,1H3/t5-,7-,8-,10?/m1/s1. The monoisotopic (exact) mass is 271 g/mol. The first-order valence-corrected chi connectivity index (χ1v) is 6.32. The molecule has 0 saturated carbocycles. The third kappa shape index (κ3) is 1.57. The molecule has 98 valence electrons. The van der Waals surface area contributed by atoms with Crippen LogP contribution in [0.1, 0.15) is 11.9 Å². The van der Waals surface area contributed by atoms with Crippen molar-refractivity contribution in [2.45, 2.75) is 31.5 Å². The van der Waals surface area contributed by atoms with Gasteiger partial charge >= 0.3 is 0 Å². The Labute approximate surface area is 106 Å². The molecule has 0 spiro atoms. The minimum atomic E-state index is -1.11. The number of aliphatic hydroxyl groups excluding tert-OH is 3. The van der Waals surface area contributed by atoms with Gasteiger partial charge in [-0.3, -0.25) is 4.57 Å². The Morgan fingerprint density at radius 1 is 1.44 bits per heavy atom. The number of ether oxygens (including phenoxy) is 1. The summed E-state index contributed by atoms with van der Waals surface area (Å²) in [5.74, 6) is 0. The third-order valence-corrected chi connectivity index (χ3v) is 4.00. The summed E-state index contributed by atoms with van der Waals surface area (Å²) < 4.78 is 11.3. The molecule has 0 aromatic carbocycles. The van der Waals surface area contributed by atoms with Crippen LogP contribution in [0.15, 0.2) is 6.33 Å². The zero-order valence-electron chi connectivity index (χ0n) is 9.59. The lowest BCUT2D eigenvalue weighted by Gasteiger charge is -2.16. The fourth-order valence-electron chi connectivity index (χ4n) is 2.21. The van der Waals surface area contributed by atoms with Crippen molar-refractivity contribution in [1.29, 1.82) is 0 Å². The van der Waals surface area contributed by atoms with Crippen LogP contribution in [0.2, 0.25) is 0 Å². The Morgan fingerprint density at radius 2 is 2.22 bits per heavy atom. The van der Waals surface area contributed by atoms with Crippen LogP contribution < -0.4 is 0 Å². The molecule has 7 nitrogen and oxygen atoms in total. The molecule has 0 amide bonds. The fourth-order valence-corrected chi connectivity index (χ4v) is 2.95. The maximum Gasteiger partial charge on any atom is 0.164 e. The zero-order valence-corrected chi connectivity index (χ0v) is 10.4. The molecule has 3 N–H and O–H groups in total. The molecule has 3 rings (SSSR count). The van der Waals surface area contributed by atoms with Crippen molar-refractivity contribution in [3.8, 4) is 0 Å². The molecular weight excluding hydrogens is 258 g/mol. The molecule has 1 saturated heterocycles. The van der Waals surface area contributed by atoms with Crippen LogP contribution >= 0.6 is 11.5 Å². The van der Waals surface area contributed by atoms with Crippen molar-refractivity contribution in [2.24, 2.45) is 0 Å². The van der Waals surface area contributed by atoms with Gasteiger partial charge in [0.15, 0.2) is 11.1 Å². The minimum Gasteiger partial charge on any atom is -0.394 e. The molecule has 0 radical (unpaired) electrons. The van der Waals surface area contributed by atoms with E-state index in [4.69, 9.17) is 9.84 Å². The predicted molar refractivity (Wildman–Crippen MR) is 63.2 cm³/mol. The van der Waals surface area contributed by atoms with Crippen LogP contribution in [-0.2, 0) is 4.74 Å². The molecule has 0 aliphatic carbocycles. The van der Waals surface area contributed by atoms with Crippen molar-refractivity contribution < 1.29 is 20.1 Å². The van der Waals surface area contributed by atoms with Gasteiger partial charge in [-0.1, -0.05) is 0 Å². The molecule has 1 aliphatic heterocycles.